The highest BCUT2D eigenvalue weighted by molar-refractivity contribution is 4.87. The summed E-state index contributed by atoms with van der Waals surface area (Å²) in [4.78, 5) is 0. The lowest BCUT2D eigenvalue weighted by Crippen LogP contribution is -3.00. The molecule has 1 aliphatic heterocycles. The number of fused-ring (bicyclic) bond motifs is 1. The Labute approximate surface area is 130 Å². The third-order valence-electron chi connectivity index (χ3n) is 5.92. The van der Waals surface area contributed by atoms with Crippen molar-refractivity contribution in [3.63, 3.8) is 0 Å². The first kappa shape index (κ1) is 17.2. The number of quaternary nitrogens is 1. The predicted octanol–water partition coefficient (Wildman–Crippen LogP) is 2.21. The summed E-state index contributed by atoms with van der Waals surface area (Å²) in [6.07, 6.45) is 11.6. The van der Waals surface area contributed by atoms with Crippen molar-refractivity contribution in [2.75, 3.05) is 0 Å². The fourth-order valence-electron chi connectivity index (χ4n) is 4.63. The number of piperidine rings is 1. The molecule has 0 spiro atoms. The van der Waals surface area contributed by atoms with E-state index in [1.165, 1.54) is 32.1 Å². The molecule has 124 valence electrons. The molecule has 21 heavy (non-hydrogen) atoms. The molecule has 1 saturated carbocycles. The number of aliphatic hydroxyl groups is 2. The van der Waals surface area contributed by atoms with Gasteiger partial charge in [0, 0.05) is 5.92 Å². The maximum atomic E-state index is 10.2. The van der Waals surface area contributed by atoms with Crippen molar-refractivity contribution in [1.82, 2.24) is 0 Å². The van der Waals surface area contributed by atoms with E-state index in [0.717, 1.165) is 50.0 Å². The van der Waals surface area contributed by atoms with Crippen molar-refractivity contribution in [3.8, 4) is 0 Å². The van der Waals surface area contributed by atoms with E-state index in [2.05, 4.69) is 19.2 Å². The monoisotopic (exact) mass is 298 g/mol. The molecular formula is C18H36NO2+. The molecule has 4 N–H and O–H groups in total. The molecule has 0 bridgehead atoms. The second kappa shape index (κ2) is 8.50. The standard InChI is InChI=1S/C18H35NO2/c1-3-7-15(20)10-5-4-8-14-9-6-11-17-16(14)12-18(21)13(2)19-17/h13-21H,3-12H2,1-2H3/p+1/t13-,14?,15?,16?,17?,18?/m1/s1. The molecule has 3 heteroatoms. The fourth-order valence-corrected chi connectivity index (χ4v) is 4.63. The quantitative estimate of drug-likeness (QED) is 0.631. The number of aliphatic hydroxyl groups excluding tert-OH is 2. The van der Waals surface area contributed by atoms with Gasteiger partial charge in [0.2, 0.25) is 0 Å². The first-order valence-electron chi connectivity index (χ1n) is 9.33. The first-order chi connectivity index (χ1) is 10.1. The summed E-state index contributed by atoms with van der Waals surface area (Å²) in [5.74, 6) is 1.54. The summed E-state index contributed by atoms with van der Waals surface area (Å²) in [6, 6.07) is 1.14. The molecule has 2 rings (SSSR count). The minimum absolute atomic E-state index is 0.0835. The zero-order valence-corrected chi connectivity index (χ0v) is 14.0. The molecule has 2 fully saturated rings. The summed E-state index contributed by atoms with van der Waals surface area (Å²) < 4.78 is 0. The topological polar surface area (TPSA) is 57.1 Å². The first-order valence-corrected chi connectivity index (χ1v) is 9.33. The Morgan fingerprint density at radius 1 is 1.19 bits per heavy atom. The average Bonchev–Trinajstić information content (AvgIpc) is 2.45. The average molecular weight is 298 g/mol. The Hall–Kier alpha value is -0.120. The highest BCUT2D eigenvalue weighted by atomic mass is 16.3. The number of nitrogens with two attached hydrogens (primary N) is 1. The van der Waals surface area contributed by atoms with Gasteiger partial charge >= 0.3 is 0 Å². The number of hydrogen-bond acceptors (Lipinski definition) is 2. The van der Waals surface area contributed by atoms with E-state index >= 15 is 0 Å². The maximum absolute atomic E-state index is 10.2. The van der Waals surface area contributed by atoms with Crippen molar-refractivity contribution in [2.45, 2.75) is 102 Å². The third kappa shape index (κ3) is 4.94. The maximum Gasteiger partial charge on any atom is 0.109 e. The van der Waals surface area contributed by atoms with Crippen molar-refractivity contribution in [1.29, 1.82) is 0 Å². The molecule has 0 amide bonds. The van der Waals surface area contributed by atoms with E-state index in [9.17, 15) is 10.2 Å². The van der Waals surface area contributed by atoms with Gasteiger partial charge in [0.05, 0.1) is 12.1 Å². The normalized spacial score (nSPS) is 38.0. The van der Waals surface area contributed by atoms with Crippen LogP contribution in [0.4, 0.5) is 0 Å². The fraction of sp³-hybridized carbons (Fsp3) is 1.00. The summed E-state index contributed by atoms with van der Waals surface area (Å²) >= 11 is 0. The van der Waals surface area contributed by atoms with E-state index in [4.69, 9.17) is 0 Å². The van der Waals surface area contributed by atoms with Gasteiger partial charge in [-0.25, -0.2) is 0 Å². The van der Waals surface area contributed by atoms with Crippen LogP contribution in [0.1, 0.15) is 78.1 Å². The largest absolute Gasteiger partial charge is 0.393 e. The van der Waals surface area contributed by atoms with Crippen molar-refractivity contribution in [2.24, 2.45) is 11.8 Å². The van der Waals surface area contributed by atoms with Crippen LogP contribution in [0.25, 0.3) is 0 Å². The Balaban J connectivity index is 1.72. The Morgan fingerprint density at radius 2 is 2.00 bits per heavy atom. The minimum atomic E-state index is -0.113. The van der Waals surface area contributed by atoms with Crippen molar-refractivity contribution < 1.29 is 15.5 Å². The molecule has 1 heterocycles. The van der Waals surface area contributed by atoms with E-state index in [-0.39, 0.29) is 12.2 Å². The number of rotatable bonds is 7. The lowest BCUT2D eigenvalue weighted by Gasteiger charge is -2.43. The van der Waals surface area contributed by atoms with Gasteiger partial charge in [0.25, 0.3) is 0 Å². The van der Waals surface area contributed by atoms with Gasteiger partial charge < -0.3 is 15.5 Å². The predicted molar refractivity (Wildman–Crippen MR) is 86.0 cm³/mol. The zero-order chi connectivity index (χ0) is 15.2. The van der Waals surface area contributed by atoms with Crippen LogP contribution in [0, 0.1) is 11.8 Å². The molecule has 1 saturated heterocycles. The van der Waals surface area contributed by atoms with Gasteiger partial charge in [-0.3, -0.25) is 0 Å². The van der Waals surface area contributed by atoms with Gasteiger partial charge in [-0.2, -0.15) is 0 Å². The smallest absolute Gasteiger partial charge is 0.109 e. The van der Waals surface area contributed by atoms with E-state index < -0.39 is 0 Å². The van der Waals surface area contributed by atoms with Gasteiger partial charge in [-0.15, -0.1) is 0 Å². The van der Waals surface area contributed by atoms with E-state index in [1.54, 1.807) is 0 Å². The highest BCUT2D eigenvalue weighted by Gasteiger charge is 2.42. The van der Waals surface area contributed by atoms with Crippen LogP contribution >= 0.6 is 0 Å². The van der Waals surface area contributed by atoms with Crippen LogP contribution in [0.2, 0.25) is 0 Å². The molecule has 0 aromatic carbocycles. The molecular weight excluding hydrogens is 262 g/mol. The Kier molecular flexibility index (Phi) is 6.97. The van der Waals surface area contributed by atoms with Gasteiger partial charge in [-0.05, 0) is 57.8 Å². The van der Waals surface area contributed by atoms with Gasteiger partial charge in [0.15, 0.2) is 0 Å². The molecule has 1 aliphatic carbocycles. The van der Waals surface area contributed by atoms with Crippen molar-refractivity contribution in [3.05, 3.63) is 0 Å². The second-order valence-corrected chi connectivity index (χ2v) is 7.60. The molecule has 2 aliphatic rings. The highest BCUT2D eigenvalue weighted by Crippen LogP contribution is 2.37. The second-order valence-electron chi connectivity index (χ2n) is 7.60. The van der Waals surface area contributed by atoms with Crippen LogP contribution in [0.5, 0.6) is 0 Å². The van der Waals surface area contributed by atoms with Crippen LogP contribution in [0.3, 0.4) is 0 Å². The van der Waals surface area contributed by atoms with E-state index in [0.29, 0.717) is 6.04 Å². The lowest BCUT2D eigenvalue weighted by molar-refractivity contribution is -0.744. The molecule has 6 atom stereocenters. The molecule has 0 radical (unpaired) electrons. The third-order valence-corrected chi connectivity index (χ3v) is 5.92. The molecule has 0 aromatic heterocycles. The summed E-state index contributed by atoms with van der Waals surface area (Å²) in [7, 11) is 0. The number of hydrogen-bond donors (Lipinski definition) is 3. The minimum Gasteiger partial charge on any atom is -0.393 e. The Bertz CT molecular complexity index is 297. The Morgan fingerprint density at radius 3 is 2.76 bits per heavy atom. The van der Waals surface area contributed by atoms with Gasteiger partial charge in [0.1, 0.15) is 12.1 Å². The van der Waals surface area contributed by atoms with Crippen LogP contribution < -0.4 is 5.32 Å². The van der Waals surface area contributed by atoms with Crippen molar-refractivity contribution >= 4 is 0 Å². The van der Waals surface area contributed by atoms with Crippen LogP contribution in [-0.2, 0) is 0 Å². The summed E-state index contributed by atoms with van der Waals surface area (Å²) in [5, 5.41) is 22.4. The number of unbranched alkanes of at least 4 members (excludes halogenated alkanes) is 1. The lowest BCUT2D eigenvalue weighted by atomic mass is 9.68. The molecule has 0 aromatic rings. The summed E-state index contributed by atoms with van der Waals surface area (Å²) in [5.41, 5.74) is 0. The van der Waals surface area contributed by atoms with Gasteiger partial charge in [-0.1, -0.05) is 26.2 Å². The molecule has 3 nitrogen and oxygen atoms in total. The van der Waals surface area contributed by atoms with E-state index in [1.807, 2.05) is 0 Å². The molecule has 5 unspecified atom stereocenters. The SMILES string of the molecule is CCCC(O)CCCCC1CCCC2[NH2+][C@H](C)C(O)CC12. The summed E-state index contributed by atoms with van der Waals surface area (Å²) in [6.45, 7) is 4.30. The van der Waals surface area contributed by atoms with Crippen LogP contribution in [-0.4, -0.2) is 34.5 Å². The zero-order valence-electron chi connectivity index (χ0n) is 14.0. The van der Waals surface area contributed by atoms with Crippen LogP contribution in [0.15, 0.2) is 0 Å².